The second kappa shape index (κ2) is 8.38. The summed E-state index contributed by atoms with van der Waals surface area (Å²) in [7, 11) is -3.86. The predicted molar refractivity (Wildman–Crippen MR) is 96.4 cm³/mol. The maximum absolute atomic E-state index is 12.7. The smallest absolute Gasteiger partial charge is 0.244 e. The van der Waals surface area contributed by atoms with Crippen LogP contribution in [0.5, 0.6) is 0 Å². The molecule has 1 saturated carbocycles. The summed E-state index contributed by atoms with van der Waals surface area (Å²) in [6.45, 7) is 3.98. The van der Waals surface area contributed by atoms with Gasteiger partial charge in [0.1, 0.15) is 4.90 Å². The molecular formula is C17H24ClN2O4S-. The Morgan fingerprint density at radius 3 is 2.36 bits per heavy atom. The van der Waals surface area contributed by atoms with Crippen molar-refractivity contribution in [2.24, 2.45) is 0 Å². The summed E-state index contributed by atoms with van der Waals surface area (Å²) in [6, 6.07) is 2.65. The lowest BCUT2D eigenvalue weighted by Gasteiger charge is -2.26. The minimum atomic E-state index is -3.86. The number of carbonyl (C=O) groups is 1. The van der Waals surface area contributed by atoms with Crippen LogP contribution in [0.3, 0.4) is 0 Å². The third-order valence-corrected chi connectivity index (χ3v) is 7.09. The van der Waals surface area contributed by atoms with Gasteiger partial charge in [-0.25, -0.2) is 8.42 Å². The molecule has 0 atom stereocenters. The fourth-order valence-electron chi connectivity index (χ4n) is 3.21. The molecule has 2 rings (SSSR count). The van der Waals surface area contributed by atoms with Crippen LogP contribution in [0.2, 0.25) is 5.02 Å². The average Bonchev–Trinajstić information content (AvgIpc) is 2.56. The maximum atomic E-state index is 12.7. The standard InChI is InChI=1S/C17H25ClN2O4S/c1-3-20(4-2)25(23,24)16-10-13(17(21)22)15(11-14(16)18)19-12-8-6-5-7-9-12/h10-12,19H,3-9H2,1-2H3,(H,21,22)/p-1. The van der Waals surface area contributed by atoms with Gasteiger partial charge in [0.25, 0.3) is 0 Å². The van der Waals surface area contributed by atoms with E-state index in [0.29, 0.717) is 5.69 Å². The third kappa shape index (κ3) is 4.46. The van der Waals surface area contributed by atoms with Crippen LogP contribution >= 0.6 is 11.6 Å². The van der Waals surface area contributed by atoms with Crippen molar-refractivity contribution in [3.05, 3.63) is 22.7 Å². The van der Waals surface area contributed by atoms with Crippen molar-refractivity contribution in [1.82, 2.24) is 4.31 Å². The fraction of sp³-hybridized carbons (Fsp3) is 0.588. The Morgan fingerprint density at radius 1 is 1.24 bits per heavy atom. The molecule has 0 saturated heterocycles. The number of nitrogens with one attached hydrogen (secondary N) is 1. The van der Waals surface area contributed by atoms with E-state index in [-0.39, 0.29) is 34.6 Å². The second-order valence-electron chi connectivity index (χ2n) is 6.18. The van der Waals surface area contributed by atoms with E-state index in [0.717, 1.165) is 31.7 Å². The second-order valence-corrected chi connectivity index (χ2v) is 8.50. The molecule has 1 fully saturated rings. The molecule has 0 heterocycles. The highest BCUT2D eigenvalue weighted by Crippen LogP contribution is 2.32. The lowest BCUT2D eigenvalue weighted by atomic mass is 9.95. The molecule has 1 aliphatic carbocycles. The Bertz CT molecular complexity index is 726. The van der Waals surface area contributed by atoms with Crippen LogP contribution < -0.4 is 10.4 Å². The lowest BCUT2D eigenvalue weighted by Crippen LogP contribution is -2.32. The maximum Gasteiger partial charge on any atom is 0.244 e. The number of aromatic carboxylic acids is 1. The fourth-order valence-corrected chi connectivity index (χ4v) is 5.20. The number of rotatable bonds is 7. The minimum Gasteiger partial charge on any atom is -0.545 e. The van der Waals surface area contributed by atoms with Crippen molar-refractivity contribution in [2.45, 2.75) is 56.9 Å². The molecule has 1 aliphatic rings. The van der Waals surface area contributed by atoms with Crippen molar-refractivity contribution in [1.29, 1.82) is 0 Å². The zero-order valence-electron chi connectivity index (χ0n) is 14.5. The van der Waals surface area contributed by atoms with Crippen LogP contribution in [0, 0.1) is 0 Å². The molecule has 1 aromatic carbocycles. The Kier molecular flexibility index (Phi) is 6.71. The molecule has 0 bridgehead atoms. The van der Waals surface area contributed by atoms with Gasteiger partial charge in [0.05, 0.1) is 11.0 Å². The molecule has 8 heteroatoms. The van der Waals surface area contributed by atoms with Crippen LogP contribution in [0.15, 0.2) is 17.0 Å². The number of halogens is 1. The average molecular weight is 388 g/mol. The van der Waals surface area contributed by atoms with Crippen molar-refractivity contribution in [3.63, 3.8) is 0 Å². The van der Waals surface area contributed by atoms with Gasteiger partial charge in [0.15, 0.2) is 0 Å². The van der Waals surface area contributed by atoms with Gasteiger partial charge in [-0.05, 0) is 25.0 Å². The summed E-state index contributed by atoms with van der Waals surface area (Å²) in [4.78, 5) is 11.4. The van der Waals surface area contributed by atoms with E-state index < -0.39 is 16.0 Å². The largest absolute Gasteiger partial charge is 0.545 e. The van der Waals surface area contributed by atoms with E-state index in [1.165, 1.54) is 16.8 Å². The summed E-state index contributed by atoms with van der Waals surface area (Å²) >= 11 is 6.21. The van der Waals surface area contributed by atoms with Crippen molar-refractivity contribution in [2.75, 3.05) is 18.4 Å². The number of hydrogen-bond donors (Lipinski definition) is 1. The van der Waals surface area contributed by atoms with Crippen LogP contribution in [-0.2, 0) is 10.0 Å². The quantitative estimate of drug-likeness (QED) is 0.776. The van der Waals surface area contributed by atoms with Gasteiger partial charge < -0.3 is 15.2 Å². The summed E-state index contributed by atoms with van der Waals surface area (Å²) < 4.78 is 26.6. The topological polar surface area (TPSA) is 89.5 Å². The number of carboxylic acid groups (broad SMARTS) is 1. The molecule has 0 unspecified atom stereocenters. The minimum absolute atomic E-state index is 0.00945. The zero-order chi connectivity index (χ0) is 18.6. The first-order valence-electron chi connectivity index (χ1n) is 8.62. The van der Waals surface area contributed by atoms with E-state index in [1.807, 2.05) is 0 Å². The molecule has 1 aromatic rings. The van der Waals surface area contributed by atoms with Gasteiger partial charge >= 0.3 is 0 Å². The molecule has 0 amide bonds. The van der Waals surface area contributed by atoms with Crippen molar-refractivity contribution in [3.8, 4) is 0 Å². The van der Waals surface area contributed by atoms with Crippen LogP contribution in [0.4, 0.5) is 5.69 Å². The molecule has 0 spiro atoms. The number of sulfonamides is 1. The van der Waals surface area contributed by atoms with Crippen LogP contribution in [-0.4, -0.2) is 37.8 Å². The Balaban J connectivity index is 2.44. The molecule has 0 radical (unpaired) electrons. The highest BCUT2D eigenvalue weighted by atomic mass is 35.5. The van der Waals surface area contributed by atoms with Crippen molar-refractivity contribution < 1.29 is 18.3 Å². The van der Waals surface area contributed by atoms with E-state index >= 15 is 0 Å². The Morgan fingerprint density at radius 2 is 1.84 bits per heavy atom. The van der Waals surface area contributed by atoms with Gasteiger partial charge in [-0.15, -0.1) is 0 Å². The molecular weight excluding hydrogens is 364 g/mol. The first-order valence-corrected chi connectivity index (χ1v) is 10.4. The SMILES string of the molecule is CCN(CC)S(=O)(=O)c1cc(C(=O)[O-])c(NC2CCCCC2)cc1Cl. The number of carboxylic acids is 1. The van der Waals surface area contributed by atoms with E-state index in [1.54, 1.807) is 13.8 Å². The number of anilines is 1. The Labute approximate surface area is 154 Å². The van der Waals surface area contributed by atoms with Crippen LogP contribution in [0.25, 0.3) is 0 Å². The first-order chi connectivity index (χ1) is 11.8. The Hall–Kier alpha value is -1.31. The molecule has 1 N–H and O–H groups in total. The van der Waals surface area contributed by atoms with Gasteiger partial charge in [0.2, 0.25) is 10.0 Å². The molecule has 0 aromatic heterocycles. The zero-order valence-corrected chi connectivity index (χ0v) is 16.1. The molecule has 0 aliphatic heterocycles. The molecule has 25 heavy (non-hydrogen) atoms. The monoisotopic (exact) mass is 387 g/mol. The summed E-state index contributed by atoms with van der Waals surface area (Å²) in [5, 5.41) is 14.8. The number of nitrogens with zero attached hydrogens (tertiary/aromatic N) is 1. The van der Waals surface area contributed by atoms with Gasteiger partial charge in [-0.2, -0.15) is 4.31 Å². The summed E-state index contributed by atoms with van der Waals surface area (Å²) in [5.74, 6) is -1.43. The van der Waals surface area contributed by atoms with Crippen molar-refractivity contribution >= 4 is 33.3 Å². The third-order valence-electron chi connectivity index (χ3n) is 4.58. The number of hydrogen-bond acceptors (Lipinski definition) is 5. The number of carbonyl (C=O) groups excluding carboxylic acids is 1. The lowest BCUT2D eigenvalue weighted by molar-refractivity contribution is -0.254. The van der Waals surface area contributed by atoms with E-state index in [2.05, 4.69) is 5.32 Å². The molecule has 6 nitrogen and oxygen atoms in total. The highest BCUT2D eigenvalue weighted by Gasteiger charge is 2.26. The number of benzene rings is 1. The van der Waals surface area contributed by atoms with Crippen LogP contribution in [0.1, 0.15) is 56.3 Å². The van der Waals surface area contributed by atoms with Gasteiger partial charge in [-0.3, -0.25) is 0 Å². The van der Waals surface area contributed by atoms with E-state index in [9.17, 15) is 18.3 Å². The highest BCUT2D eigenvalue weighted by molar-refractivity contribution is 7.89. The molecule has 140 valence electrons. The van der Waals surface area contributed by atoms with E-state index in [4.69, 9.17) is 11.6 Å². The van der Waals surface area contributed by atoms with Gasteiger partial charge in [0, 0.05) is 30.4 Å². The first kappa shape index (κ1) is 20.0. The summed E-state index contributed by atoms with van der Waals surface area (Å²) in [5.41, 5.74) is 0.135. The van der Waals surface area contributed by atoms with Gasteiger partial charge in [-0.1, -0.05) is 44.7 Å². The predicted octanol–water partition coefficient (Wildman–Crippen LogP) is 2.48. The normalized spacial score (nSPS) is 16.2. The summed E-state index contributed by atoms with van der Waals surface area (Å²) in [6.07, 6.45) is 5.24.